The molecular formula is C14H19N3OS. The van der Waals surface area contributed by atoms with Gasteiger partial charge in [-0.1, -0.05) is 13.3 Å². The Morgan fingerprint density at radius 2 is 2.21 bits per heavy atom. The van der Waals surface area contributed by atoms with Crippen LogP contribution in [0.2, 0.25) is 0 Å². The van der Waals surface area contributed by atoms with Gasteiger partial charge in [-0.05, 0) is 37.7 Å². The first-order valence-electron chi connectivity index (χ1n) is 6.78. The van der Waals surface area contributed by atoms with E-state index in [0.29, 0.717) is 17.0 Å². The first-order chi connectivity index (χ1) is 9.17. The number of nitrogens with one attached hydrogen (secondary N) is 1. The van der Waals surface area contributed by atoms with Gasteiger partial charge in [-0.15, -0.1) is 11.3 Å². The smallest absolute Gasteiger partial charge is 0.241 e. The van der Waals surface area contributed by atoms with Crippen molar-refractivity contribution in [3.63, 3.8) is 0 Å². The Balaban J connectivity index is 2.27. The first-order valence-corrected chi connectivity index (χ1v) is 7.60. The summed E-state index contributed by atoms with van der Waals surface area (Å²) < 4.78 is 0. The van der Waals surface area contributed by atoms with E-state index >= 15 is 0 Å². The van der Waals surface area contributed by atoms with Crippen molar-refractivity contribution in [1.82, 2.24) is 0 Å². The van der Waals surface area contributed by atoms with E-state index < -0.39 is 6.04 Å². The third kappa shape index (κ3) is 2.96. The normalized spacial score (nSPS) is 16.1. The molecule has 0 saturated carbocycles. The second-order valence-electron chi connectivity index (χ2n) is 4.88. The van der Waals surface area contributed by atoms with Crippen molar-refractivity contribution >= 4 is 22.2 Å². The summed E-state index contributed by atoms with van der Waals surface area (Å²) in [6, 6.07) is 1.74. The SMILES string of the molecule is CCC(N)C(=O)Nc1sc2c(c1C#N)CCCCC2. The first kappa shape index (κ1) is 14.0. The van der Waals surface area contributed by atoms with Crippen molar-refractivity contribution in [2.75, 3.05) is 5.32 Å². The summed E-state index contributed by atoms with van der Waals surface area (Å²) in [5.74, 6) is -0.199. The molecule has 1 atom stereocenters. The summed E-state index contributed by atoms with van der Waals surface area (Å²) >= 11 is 1.55. The summed E-state index contributed by atoms with van der Waals surface area (Å²) in [6.07, 6.45) is 6.07. The summed E-state index contributed by atoms with van der Waals surface area (Å²) in [4.78, 5) is 13.1. The molecule has 1 heterocycles. The highest BCUT2D eigenvalue weighted by Crippen LogP contribution is 2.36. The Kier molecular flexibility index (Phi) is 4.56. The van der Waals surface area contributed by atoms with Crippen molar-refractivity contribution in [3.8, 4) is 6.07 Å². The Bertz CT molecular complexity index is 515. The van der Waals surface area contributed by atoms with Crippen molar-refractivity contribution in [3.05, 3.63) is 16.0 Å². The van der Waals surface area contributed by atoms with E-state index in [1.54, 1.807) is 11.3 Å². The molecule has 0 fully saturated rings. The van der Waals surface area contributed by atoms with Crippen LogP contribution in [0.1, 0.15) is 48.6 Å². The Hall–Kier alpha value is -1.38. The molecule has 3 N–H and O–H groups in total. The number of rotatable bonds is 3. The molecule has 1 unspecified atom stereocenters. The molecule has 1 aliphatic rings. The van der Waals surface area contributed by atoms with Crippen LogP contribution >= 0.6 is 11.3 Å². The van der Waals surface area contributed by atoms with Crippen molar-refractivity contribution in [2.24, 2.45) is 5.73 Å². The molecule has 1 aliphatic carbocycles. The summed E-state index contributed by atoms with van der Waals surface area (Å²) in [5.41, 5.74) is 7.51. The number of nitrogens with two attached hydrogens (primary N) is 1. The van der Waals surface area contributed by atoms with Gasteiger partial charge in [0.25, 0.3) is 0 Å². The number of nitriles is 1. The van der Waals surface area contributed by atoms with Crippen LogP contribution in [0, 0.1) is 11.3 Å². The number of amides is 1. The van der Waals surface area contributed by atoms with Crippen LogP contribution in [-0.2, 0) is 17.6 Å². The molecule has 1 amide bonds. The van der Waals surface area contributed by atoms with Gasteiger partial charge >= 0.3 is 0 Å². The van der Waals surface area contributed by atoms with Crippen LogP contribution in [0.5, 0.6) is 0 Å². The standard InChI is InChI=1S/C14H19N3OS/c1-2-11(16)13(18)17-14-10(8-15)9-6-4-3-5-7-12(9)19-14/h11H,2-7,16H2,1H3,(H,17,18). The van der Waals surface area contributed by atoms with Crippen LogP contribution in [-0.4, -0.2) is 11.9 Å². The summed E-state index contributed by atoms with van der Waals surface area (Å²) in [5, 5.41) is 12.8. The third-order valence-corrected chi connectivity index (χ3v) is 4.75. The van der Waals surface area contributed by atoms with Gasteiger partial charge in [0.2, 0.25) is 5.91 Å². The number of carbonyl (C=O) groups is 1. The van der Waals surface area contributed by atoms with Crippen LogP contribution in [0.25, 0.3) is 0 Å². The van der Waals surface area contributed by atoms with Crippen LogP contribution in [0.3, 0.4) is 0 Å². The number of hydrogen-bond donors (Lipinski definition) is 2. The van der Waals surface area contributed by atoms with Gasteiger partial charge in [0.15, 0.2) is 0 Å². The Labute approximate surface area is 117 Å². The zero-order chi connectivity index (χ0) is 13.8. The lowest BCUT2D eigenvalue weighted by molar-refractivity contribution is -0.117. The fourth-order valence-corrected chi connectivity index (χ4v) is 3.58. The molecule has 19 heavy (non-hydrogen) atoms. The van der Waals surface area contributed by atoms with Crippen molar-refractivity contribution in [2.45, 2.75) is 51.5 Å². The number of aryl methyl sites for hydroxylation is 1. The van der Waals surface area contributed by atoms with Crippen molar-refractivity contribution in [1.29, 1.82) is 5.26 Å². The minimum Gasteiger partial charge on any atom is -0.320 e. The number of nitrogens with zero attached hydrogens (tertiary/aromatic N) is 1. The monoisotopic (exact) mass is 277 g/mol. The lowest BCUT2D eigenvalue weighted by Gasteiger charge is -2.08. The van der Waals surface area contributed by atoms with Crippen LogP contribution < -0.4 is 11.1 Å². The van der Waals surface area contributed by atoms with E-state index in [4.69, 9.17) is 5.73 Å². The zero-order valence-corrected chi connectivity index (χ0v) is 12.0. The predicted molar refractivity (Wildman–Crippen MR) is 77.2 cm³/mol. The average Bonchev–Trinajstić information content (AvgIpc) is 2.59. The van der Waals surface area contributed by atoms with Gasteiger partial charge in [-0.3, -0.25) is 4.79 Å². The summed E-state index contributed by atoms with van der Waals surface area (Å²) in [6.45, 7) is 1.87. The van der Waals surface area contributed by atoms with Gasteiger partial charge in [-0.25, -0.2) is 0 Å². The van der Waals surface area contributed by atoms with E-state index in [0.717, 1.165) is 24.8 Å². The maximum atomic E-state index is 11.9. The Morgan fingerprint density at radius 1 is 1.47 bits per heavy atom. The molecule has 4 nitrogen and oxygen atoms in total. The predicted octanol–water partition coefficient (Wildman–Crippen LogP) is 2.56. The van der Waals surface area contributed by atoms with Crippen LogP contribution in [0.15, 0.2) is 0 Å². The van der Waals surface area contributed by atoms with Gasteiger partial charge < -0.3 is 11.1 Å². The second kappa shape index (κ2) is 6.18. The third-order valence-electron chi connectivity index (χ3n) is 3.55. The fraction of sp³-hybridized carbons (Fsp3) is 0.571. The van der Waals surface area contributed by atoms with E-state index in [1.807, 2.05) is 6.92 Å². The lowest BCUT2D eigenvalue weighted by Crippen LogP contribution is -2.34. The molecule has 1 aromatic rings. The molecule has 0 aromatic carbocycles. The van der Waals surface area contributed by atoms with Gasteiger partial charge in [0.1, 0.15) is 11.1 Å². The topological polar surface area (TPSA) is 78.9 Å². The number of carbonyl (C=O) groups excluding carboxylic acids is 1. The molecule has 0 bridgehead atoms. The van der Waals surface area contributed by atoms with Gasteiger partial charge in [0, 0.05) is 4.88 Å². The molecule has 0 aliphatic heterocycles. The molecular weight excluding hydrogens is 258 g/mol. The minimum atomic E-state index is -0.506. The molecule has 0 saturated heterocycles. The molecule has 102 valence electrons. The Morgan fingerprint density at radius 3 is 2.89 bits per heavy atom. The lowest BCUT2D eigenvalue weighted by atomic mass is 10.1. The molecule has 0 spiro atoms. The largest absolute Gasteiger partial charge is 0.320 e. The highest BCUT2D eigenvalue weighted by atomic mass is 32.1. The second-order valence-corrected chi connectivity index (χ2v) is 5.99. The molecule has 5 heteroatoms. The molecule has 2 rings (SSSR count). The number of anilines is 1. The van der Waals surface area contributed by atoms with E-state index in [-0.39, 0.29) is 5.91 Å². The molecule has 1 aromatic heterocycles. The van der Waals surface area contributed by atoms with E-state index in [2.05, 4.69) is 11.4 Å². The number of thiophene rings is 1. The molecule has 0 radical (unpaired) electrons. The quantitative estimate of drug-likeness (QED) is 0.833. The fourth-order valence-electron chi connectivity index (χ4n) is 2.34. The van der Waals surface area contributed by atoms with Gasteiger partial charge in [-0.2, -0.15) is 5.26 Å². The summed E-state index contributed by atoms with van der Waals surface area (Å²) in [7, 11) is 0. The van der Waals surface area contributed by atoms with Gasteiger partial charge in [0.05, 0.1) is 11.6 Å². The zero-order valence-electron chi connectivity index (χ0n) is 11.2. The average molecular weight is 277 g/mol. The number of hydrogen-bond acceptors (Lipinski definition) is 4. The van der Waals surface area contributed by atoms with E-state index in [1.165, 1.54) is 17.7 Å². The van der Waals surface area contributed by atoms with E-state index in [9.17, 15) is 10.1 Å². The highest BCUT2D eigenvalue weighted by molar-refractivity contribution is 7.16. The number of fused-ring (bicyclic) bond motifs is 1. The maximum Gasteiger partial charge on any atom is 0.241 e. The minimum absolute atomic E-state index is 0.199. The van der Waals surface area contributed by atoms with Crippen LogP contribution in [0.4, 0.5) is 5.00 Å². The maximum absolute atomic E-state index is 11.9. The van der Waals surface area contributed by atoms with Crippen molar-refractivity contribution < 1.29 is 4.79 Å². The highest BCUT2D eigenvalue weighted by Gasteiger charge is 2.22.